The van der Waals surface area contributed by atoms with Gasteiger partial charge in [0.1, 0.15) is 0 Å². The van der Waals surface area contributed by atoms with Crippen LogP contribution in [0.3, 0.4) is 0 Å². The van der Waals surface area contributed by atoms with Gasteiger partial charge in [0.15, 0.2) is 0 Å². The number of hydrogen-bond acceptors (Lipinski definition) is 2. The van der Waals surface area contributed by atoms with E-state index in [-0.39, 0.29) is 11.9 Å². The molecule has 0 bridgehead atoms. The van der Waals surface area contributed by atoms with E-state index in [0.717, 1.165) is 36.6 Å². The molecule has 2 aromatic rings. The summed E-state index contributed by atoms with van der Waals surface area (Å²) in [5.41, 5.74) is 1.11. The first-order valence-electron chi connectivity index (χ1n) is 8.71. The maximum Gasteiger partial charge on any atom is 0.308 e. The number of carbonyl (C=O) groups is 2. The van der Waals surface area contributed by atoms with E-state index in [2.05, 4.69) is 16.0 Å². The van der Waals surface area contributed by atoms with Gasteiger partial charge in [0.05, 0.1) is 5.92 Å². The molecule has 1 fully saturated rings. The highest BCUT2D eigenvalue weighted by Gasteiger charge is 2.30. The summed E-state index contributed by atoms with van der Waals surface area (Å²) in [6.07, 6.45) is 6.73. The molecule has 128 valence electrons. The number of carboxylic acid groups (broad SMARTS) is 1. The van der Waals surface area contributed by atoms with Gasteiger partial charge in [0.2, 0.25) is 5.91 Å². The molecule has 1 aliphatic rings. The summed E-state index contributed by atoms with van der Waals surface area (Å²) in [5, 5.41) is 13.5. The Morgan fingerprint density at radius 2 is 1.92 bits per heavy atom. The fourth-order valence-electron chi connectivity index (χ4n) is 3.61. The summed E-state index contributed by atoms with van der Waals surface area (Å²) in [6.45, 7) is 0.601. The number of rotatable bonds is 5. The van der Waals surface area contributed by atoms with E-state index in [1.807, 2.05) is 30.5 Å². The molecule has 0 saturated heterocycles. The lowest BCUT2D eigenvalue weighted by Crippen LogP contribution is -2.43. The molecular weight excluding hydrogens is 304 g/mol. The normalized spacial score (nSPS) is 21.3. The predicted molar refractivity (Wildman–Crippen MR) is 92.7 cm³/mol. The Morgan fingerprint density at radius 3 is 2.75 bits per heavy atom. The Kier molecular flexibility index (Phi) is 5.18. The summed E-state index contributed by atoms with van der Waals surface area (Å²) in [4.78, 5) is 23.7. The van der Waals surface area contributed by atoms with Crippen LogP contribution in [-0.2, 0) is 16.1 Å². The number of nitrogens with zero attached hydrogens (tertiary/aromatic N) is 1. The molecular formula is C19H24N2O3. The fourth-order valence-corrected chi connectivity index (χ4v) is 3.61. The van der Waals surface area contributed by atoms with Gasteiger partial charge in [-0.2, -0.15) is 0 Å². The highest BCUT2D eigenvalue weighted by molar-refractivity contribution is 5.81. The van der Waals surface area contributed by atoms with Crippen LogP contribution in [0.5, 0.6) is 0 Å². The third-order valence-corrected chi connectivity index (χ3v) is 4.94. The molecule has 0 aliphatic heterocycles. The second-order valence-electron chi connectivity index (χ2n) is 6.57. The number of nitrogens with one attached hydrogen (secondary N) is 1. The van der Waals surface area contributed by atoms with Crippen molar-refractivity contribution in [3.63, 3.8) is 0 Å². The lowest BCUT2D eigenvalue weighted by atomic mass is 9.95. The van der Waals surface area contributed by atoms with Gasteiger partial charge in [-0.1, -0.05) is 37.5 Å². The summed E-state index contributed by atoms with van der Waals surface area (Å²) >= 11 is 0. The van der Waals surface area contributed by atoms with Crippen molar-refractivity contribution in [3.8, 4) is 0 Å². The van der Waals surface area contributed by atoms with E-state index >= 15 is 0 Å². The fraction of sp³-hybridized carbons (Fsp3) is 0.474. The standard InChI is InChI=1S/C19H24N2O3/c22-18(20-16-8-3-1-2-7-15(16)19(23)24)11-13-21-12-10-14-6-4-5-9-17(14)21/h4-6,9-10,12,15-16H,1-3,7-8,11,13H2,(H,20,22)(H,23,24)/t15-,16+/m1/s1. The first kappa shape index (κ1) is 16.6. The van der Waals surface area contributed by atoms with Crippen molar-refractivity contribution in [2.24, 2.45) is 5.92 Å². The number of benzene rings is 1. The third kappa shape index (κ3) is 3.78. The van der Waals surface area contributed by atoms with E-state index in [1.54, 1.807) is 0 Å². The molecule has 0 spiro atoms. The van der Waals surface area contributed by atoms with Crippen molar-refractivity contribution in [1.29, 1.82) is 0 Å². The molecule has 3 rings (SSSR count). The minimum Gasteiger partial charge on any atom is -0.481 e. The molecule has 0 radical (unpaired) electrons. The smallest absolute Gasteiger partial charge is 0.308 e. The van der Waals surface area contributed by atoms with Crippen molar-refractivity contribution >= 4 is 22.8 Å². The lowest BCUT2D eigenvalue weighted by molar-refractivity contribution is -0.143. The SMILES string of the molecule is O=C(CCn1ccc2ccccc21)N[C@H]1CCCCC[C@H]1C(=O)O. The lowest BCUT2D eigenvalue weighted by Gasteiger charge is -2.23. The predicted octanol–water partition coefficient (Wildman–Crippen LogP) is 3.18. The molecule has 2 atom stereocenters. The van der Waals surface area contributed by atoms with Gasteiger partial charge in [-0.15, -0.1) is 0 Å². The van der Waals surface area contributed by atoms with Crippen LogP contribution in [0.2, 0.25) is 0 Å². The summed E-state index contributed by atoms with van der Waals surface area (Å²) in [6, 6.07) is 9.88. The Balaban J connectivity index is 1.59. The number of aromatic nitrogens is 1. The van der Waals surface area contributed by atoms with E-state index in [0.29, 0.717) is 19.4 Å². The first-order valence-corrected chi connectivity index (χ1v) is 8.71. The van der Waals surface area contributed by atoms with Crippen molar-refractivity contribution < 1.29 is 14.7 Å². The van der Waals surface area contributed by atoms with Gasteiger partial charge in [-0.3, -0.25) is 9.59 Å². The van der Waals surface area contributed by atoms with Crippen LogP contribution in [0.1, 0.15) is 38.5 Å². The molecule has 1 amide bonds. The molecule has 5 nitrogen and oxygen atoms in total. The van der Waals surface area contributed by atoms with Crippen molar-refractivity contribution in [3.05, 3.63) is 36.5 Å². The molecule has 1 saturated carbocycles. The van der Waals surface area contributed by atoms with Gasteiger partial charge in [0, 0.05) is 30.7 Å². The van der Waals surface area contributed by atoms with Crippen LogP contribution in [-0.4, -0.2) is 27.6 Å². The van der Waals surface area contributed by atoms with Gasteiger partial charge in [-0.25, -0.2) is 0 Å². The second kappa shape index (κ2) is 7.51. The molecule has 0 unspecified atom stereocenters. The van der Waals surface area contributed by atoms with E-state index in [1.165, 1.54) is 0 Å². The number of amides is 1. The Morgan fingerprint density at radius 1 is 1.12 bits per heavy atom. The van der Waals surface area contributed by atoms with Gasteiger partial charge in [0.25, 0.3) is 0 Å². The third-order valence-electron chi connectivity index (χ3n) is 4.94. The first-order chi connectivity index (χ1) is 11.6. The van der Waals surface area contributed by atoms with Gasteiger partial charge < -0.3 is 15.0 Å². The monoisotopic (exact) mass is 328 g/mol. The second-order valence-corrected chi connectivity index (χ2v) is 6.57. The minimum absolute atomic E-state index is 0.0640. The molecule has 1 aliphatic carbocycles. The van der Waals surface area contributed by atoms with Crippen LogP contribution in [0.4, 0.5) is 0 Å². The molecule has 1 aromatic carbocycles. The molecule has 1 heterocycles. The Bertz CT molecular complexity index is 722. The average Bonchev–Trinajstić information content (AvgIpc) is 2.83. The van der Waals surface area contributed by atoms with Crippen LogP contribution in [0.15, 0.2) is 36.5 Å². The molecule has 24 heavy (non-hydrogen) atoms. The van der Waals surface area contributed by atoms with Crippen LogP contribution in [0.25, 0.3) is 10.9 Å². The van der Waals surface area contributed by atoms with E-state index in [4.69, 9.17) is 0 Å². The Labute approximate surface area is 141 Å². The highest BCUT2D eigenvalue weighted by atomic mass is 16.4. The number of para-hydroxylation sites is 1. The summed E-state index contributed by atoms with van der Waals surface area (Å²) < 4.78 is 2.07. The van der Waals surface area contributed by atoms with Gasteiger partial charge >= 0.3 is 5.97 Å². The number of carbonyl (C=O) groups excluding carboxylic acids is 1. The number of aliphatic carboxylic acids is 1. The van der Waals surface area contributed by atoms with Crippen molar-refractivity contribution in [2.75, 3.05) is 0 Å². The largest absolute Gasteiger partial charge is 0.481 e. The number of fused-ring (bicyclic) bond motifs is 1. The highest BCUT2D eigenvalue weighted by Crippen LogP contribution is 2.24. The minimum atomic E-state index is -0.793. The topological polar surface area (TPSA) is 71.3 Å². The summed E-state index contributed by atoms with van der Waals surface area (Å²) in [7, 11) is 0. The van der Waals surface area contributed by atoms with Gasteiger partial charge in [-0.05, 0) is 30.4 Å². The van der Waals surface area contributed by atoms with Crippen molar-refractivity contribution in [1.82, 2.24) is 9.88 Å². The van der Waals surface area contributed by atoms with Crippen LogP contribution in [0, 0.1) is 5.92 Å². The maximum atomic E-state index is 12.3. The maximum absolute atomic E-state index is 12.3. The zero-order chi connectivity index (χ0) is 16.9. The molecule has 2 N–H and O–H groups in total. The quantitative estimate of drug-likeness (QED) is 0.828. The number of carboxylic acids is 1. The molecule has 1 aromatic heterocycles. The molecule has 5 heteroatoms. The average molecular weight is 328 g/mol. The Hall–Kier alpha value is -2.30. The van der Waals surface area contributed by atoms with E-state index in [9.17, 15) is 14.7 Å². The summed E-state index contributed by atoms with van der Waals surface area (Å²) in [5.74, 6) is -1.31. The van der Waals surface area contributed by atoms with E-state index < -0.39 is 11.9 Å². The van der Waals surface area contributed by atoms with Crippen LogP contribution < -0.4 is 5.32 Å². The zero-order valence-corrected chi connectivity index (χ0v) is 13.8. The zero-order valence-electron chi connectivity index (χ0n) is 13.8. The van der Waals surface area contributed by atoms with Crippen LogP contribution >= 0.6 is 0 Å². The number of aryl methyl sites for hydroxylation is 1. The number of hydrogen-bond donors (Lipinski definition) is 2. The van der Waals surface area contributed by atoms with Crippen molar-refractivity contribution in [2.45, 2.75) is 51.1 Å².